The fraction of sp³-hybridized carbons (Fsp3) is 0.500. The SMILES string of the molecule is CCN(CCC(=O)O)C(C)c1ccc(O)c(OC)c1. The lowest BCUT2D eigenvalue weighted by molar-refractivity contribution is -0.137. The number of ether oxygens (including phenoxy) is 1. The van der Waals surface area contributed by atoms with Crippen LogP contribution in [0.25, 0.3) is 0 Å². The maximum Gasteiger partial charge on any atom is 0.304 e. The predicted molar refractivity (Wildman–Crippen MR) is 72.6 cm³/mol. The Hall–Kier alpha value is -1.75. The minimum atomic E-state index is -0.797. The van der Waals surface area contributed by atoms with Gasteiger partial charge in [-0.05, 0) is 31.2 Å². The monoisotopic (exact) mass is 267 g/mol. The van der Waals surface area contributed by atoms with Crippen molar-refractivity contribution >= 4 is 5.97 Å². The minimum Gasteiger partial charge on any atom is -0.504 e. The van der Waals surface area contributed by atoms with E-state index in [9.17, 15) is 9.90 Å². The summed E-state index contributed by atoms with van der Waals surface area (Å²) < 4.78 is 5.08. The summed E-state index contributed by atoms with van der Waals surface area (Å²) in [7, 11) is 1.51. The van der Waals surface area contributed by atoms with Crippen LogP contribution < -0.4 is 4.74 Å². The fourth-order valence-electron chi connectivity index (χ4n) is 2.03. The maximum absolute atomic E-state index is 10.6. The molecule has 0 aliphatic carbocycles. The maximum atomic E-state index is 10.6. The average Bonchev–Trinajstić information content (AvgIpc) is 2.39. The van der Waals surface area contributed by atoms with Crippen molar-refractivity contribution in [3.63, 3.8) is 0 Å². The molecule has 5 heteroatoms. The van der Waals surface area contributed by atoms with Gasteiger partial charge in [0.25, 0.3) is 0 Å². The molecule has 0 radical (unpaired) electrons. The molecule has 0 aliphatic heterocycles. The van der Waals surface area contributed by atoms with Crippen molar-refractivity contribution in [3.8, 4) is 11.5 Å². The summed E-state index contributed by atoms with van der Waals surface area (Å²) >= 11 is 0. The van der Waals surface area contributed by atoms with Gasteiger partial charge in [0.05, 0.1) is 13.5 Å². The predicted octanol–water partition coefficient (Wildman–Crippen LogP) is 2.26. The van der Waals surface area contributed by atoms with Gasteiger partial charge < -0.3 is 14.9 Å². The molecule has 0 amide bonds. The first-order valence-electron chi connectivity index (χ1n) is 6.32. The molecular formula is C14H21NO4. The number of hydrogen-bond acceptors (Lipinski definition) is 4. The number of hydrogen-bond donors (Lipinski definition) is 2. The summed E-state index contributed by atoms with van der Waals surface area (Å²) in [5.74, 6) is -0.264. The quantitative estimate of drug-likeness (QED) is 0.793. The lowest BCUT2D eigenvalue weighted by atomic mass is 10.1. The number of nitrogens with zero attached hydrogens (tertiary/aromatic N) is 1. The Labute approximate surface area is 113 Å². The van der Waals surface area contributed by atoms with Crippen molar-refractivity contribution in [1.29, 1.82) is 0 Å². The molecule has 1 unspecified atom stereocenters. The summed E-state index contributed by atoms with van der Waals surface area (Å²) in [6.07, 6.45) is 0.118. The topological polar surface area (TPSA) is 70.0 Å². The van der Waals surface area contributed by atoms with Crippen LogP contribution in [0, 0.1) is 0 Å². The third-order valence-corrected chi connectivity index (χ3v) is 3.25. The standard InChI is InChI=1S/C14H21NO4/c1-4-15(8-7-14(17)18)10(2)11-5-6-12(16)13(9-11)19-3/h5-6,9-10,16H,4,7-8H2,1-3H3,(H,17,18). The van der Waals surface area contributed by atoms with Gasteiger partial charge in [0.2, 0.25) is 0 Å². The van der Waals surface area contributed by atoms with Crippen molar-refractivity contribution < 1.29 is 19.7 Å². The smallest absolute Gasteiger partial charge is 0.304 e. The highest BCUT2D eigenvalue weighted by Crippen LogP contribution is 2.30. The second kappa shape index (κ2) is 6.99. The van der Waals surface area contributed by atoms with Gasteiger partial charge in [-0.3, -0.25) is 9.69 Å². The number of carboxylic acids is 1. The normalized spacial score (nSPS) is 12.4. The summed E-state index contributed by atoms with van der Waals surface area (Å²) in [6, 6.07) is 5.27. The van der Waals surface area contributed by atoms with E-state index in [4.69, 9.17) is 9.84 Å². The summed E-state index contributed by atoms with van der Waals surface area (Å²) in [6.45, 7) is 5.26. The number of carboxylic acid groups (broad SMARTS) is 1. The van der Waals surface area contributed by atoms with Gasteiger partial charge >= 0.3 is 5.97 Å². The van der Waals surface area contributed by atoms with Crippen LogP contribution in [0.4, 0.5) is 0 Å². The summed E-state index contributed by atoms with van der Waals surface area (Å²) in [5.41, 5.74) is 0.988. The molecule has 2 N–H and O–H groups in total. The van der Waals surface area contributed by atoms with Crippen molar-refractivity contribution in [3.05, 3.63) is 23.8 Å². The van der Waals surface area contributed by atoms with Crippen molar-refractivity contribution in [2.45, 2.75) is 26.3 Å². The van der Waals surface area contributed by atoms with E-state index < -0.39 is 5.97 Å². The van der Waals surface area contributed by atoms with E-state index >= 15 is 0 Å². The first-order valence-corrected chi connectivity index (χ1v) is 6.32. The number of phenols is 1. The molecule has 19 heavy (non-hydrogen) atoms. The molecule has 5 nitrogen and oxygen atoms in total. The molecule has 0 bridgehead atoms. The Balaban J connectivity index is 2.84. The number of phenolic OH excluding ortho intramolecular Hbond substituents is 1. The Kier molecular flexibility index (Phi) is 5.63. The van der Waals surface area contributed by atoms with Gasteiger partial charge in [-0.2, -0.15) is 0 Å². The first kappa shape index (κ1) is 15.3. The fourth-order valence-corrected chi connectivity index (χ4v) is 2.03. The van der Waals surface area contributed by atoms with Gasteiger partial charge in [-0.1, -0.05) is 13.0 Å². The zero-order chi connectivity index (χ0) is 14.4. The van der Waals surface area contributed by atoms with Gasteiger partial charge in [0, 0.05) is 12.6 Å². The molecule has 0 spiro atoms. The summed E-state index contributed by atoms with van der Waals surface area (Å²) in [4.78, 5) is 12.7. The number of rotatable bonds is 7. The van der Waals surface area contributed by atoms with Crippen LogP contribution in [0.3, 0.4) is 0 Å². The largest absolute Gasteiger partial charge is 0.504 e. The van der Waals surface area contributed by atoms with E-state index in [-0.39, 0.29) is 18.2 Å². The average molecular weight is 267 g/mol. The molecular weight excluding hydrogens is 246 g/mol. The zero-order valence-electron chi connectivity index (χ0n) is 11.6. The third kappa shape index (κ3) is 4.13. The van der Waals surface area contributed by atoms with Gasteiger partial charge in [-0.25, -0.2) is 0 Å². The highest BCUT2D eigenvalue weighted by molar-refractivity contribution is 5.66. The van der Waals surface area contributed by atoms with Crippen LogP contribution in [0.1, 0.15) is 31.9 Å². The van der Waals surface area contributed by atoms with Gasteiger partial charge in [0.15, 0.2) is 11.5 Å². The Bertz CT molecular complexity index is 433. The van der Waals surface area contributed by atoms with E-state index in [0.29, 0.717) is 12.3 Å². The van der Waals surface area contributed by atoms with Gasteiger partial charge in [-0.15, -0.1) is 0 Å². The number of aliphatic carboxylic acids is 1. The Morgan fingerprint density at radius 1 is 1.47 bits per heavy atom. The molecule has 1 rings (SSSR count). The molecule has 0 saturated carbocycles. The minimum absolute atomic E-state index is 0.0684. The Morgan fingerprint density at radius 2 is 2.16 bits per heavy atom. The molecule has 0 saturated heterocycles. The summed E-state index contributed by atoms with van der Waals surface area (Å²) in [5, 5.41) is 18.3. The lowest BCUT2D eigenvalue weighted by Crippen LogP contribution is -2.29. The zero-order valence-corrected chi connectivity index (χ0v) is 11.6. The van der Waals surface area contributed by atoms with Crippen LogP contribution in [0.5, 0.6) is 11.5 Å². The second-order valence-corrected chi connectivity index (χ2v) is 4.38. The molecule has 0 fully saturated rings. The van der Waals surface area contributed by atoms with Gasteiger partial charge in [0.1, 0.15) is 0 Å². The van der Waals surface area contributed by atoms with Crippen LogP contribution in [0.15, 0.2) is 18.2 Å². The third-order valence-electron chi connectivity index (χ3n) is 3.25. The van der Waals surface area contributed by atoms with Crippen LogP contribution >= 0.6 is 0 Å². The lowest BCUT2D eigenvalue weighted by Gasteiger charge is -2.27. The van der Waals surface area contributed by atoms with Crippen LogP contribution in [-0.4, -0.2) is 41.3 Å². The first-order chi connectivity index (χ1) is 8.99. The molecule has 0 aliphatic rings. The number of methoxy groups -OCH3 is 1. The van der Waals surface area contributed by atoms with Crippen molar-refractivity contribution in [2.24, 2.45) is 0 Å². The molecule has 0 heterocycles. The van der Waals surface area contributed by atoms with Crippen molar-refractivity contribution in [2.75, 3.05) is 20.2 Å². The van der Waals surface area contributed by atoms with Crippen molar-refractivity contribution in [1.82, 2.24) is 4.90 Å². The second-order valence-electron chi connectivity index (χ2n) is 4.38. The molecule has 1 aromatic carbocycles. The van der Waals surface area contributed by atoms with E-state index in [0.717, 1.165) is 12.1 Å². The highest BCUT2D eigenvalue weighted by Gasteiger charge is 2.16. The van der Waals surface area contributed by atoms with E-state index in [1.165, 1.54) is 7.11 Å². The molecule has 0 aromatic heterocycles. The highest BCUT2D eigenvalue weighted by atomic mass is 16.5. The Morgan fingerprint density at radius 3 is 2.68 bits per heavy atom. The molecule has 1 atom stereocenters. The molecule has 1 aromatic rings. The van der Waals surface area contributed by atoms with E-state index in [2.05, 4.69) is 4.90 Å². The molecule has 106 valence electrons. The number of aromatic hydroxyl groups is 1. The van der Waals surface area contributed by atoms with E-state index in [1.807, 2.05) is 19.9 Å². The number of benzene rings is 1. The number of carbonyl (C=O) groups is 1. The van der Waals surface area contributed by atoms with Crippen LogP contribution in [0.2, 0.25) is 0 Å². The van der Waals surface area contributed by atoms with Crippen LogP contribution in [-0.2, 0) is 4.79 Å². The van der Waals surface area contributed by atoms with E-state index in [1.54, 1.807) is 12.1 Å².